The Bertz CT molecular complexity index is 496. The SMILES string of the molecule is CC(C)n1cc(C(=O)N2C[C@H]3CC[C@@H]2CN(C)C3)cn1. The number of nitrogens with zero attached hydrogens (tertiary/aromatic N) is 4. The number of rotatable bonds is 2. The van der Waals surface area contributed by atoms with Gasteiger partial charge in [-0.1, -0.05) is 0 Å². The van der Waals surface area contributed by atoms with E-state index in [1.165, 1.54) is 6.42 Å². The Morgan fingerprint density at radius 3 is 2.80 bits per heavy atom. The summed E-state index contributed by atoms with van der Waals surface area (Å²) in [4.78, 5) is 17.2. The van der Waals surface area contributed by atoms with Crippen molar-refractivity contribution >= 4 is 5.91 Å². The minimum absolute atomic E-state index is 0.155. The average Bonchev–Trinajstić information content (AvgIpc) is 2.76. The van der Waals surface area contributed by atoms with E-state index in [2.05, 4.69) is 35.8 Å². The number of carbonyl (C=O) groups is 1. The van der Waals surface area contributed by atoms with Gasteiger partial charge in [0.05, 0.1) is 11.8 Å². The second-order valence-electron chi connectivity index (χ2n) is 6.58. The summed E-state index contributed by atoms with van der Waals surface area (Å²) in [5.41, 5.74) is 0.730. The lowest BCUT2D eigenvalue weighted by atomic mass is 9.94. The first-order chi connectivity index (χ1) is 9.54. The topological polar surface area (TPSA) is 41.4 Å². The molecular weight excluding hydrogens is 252 g/mol. The molecule has 0 radical (unpaired) electrons. The quantitative estimate of drug-likeness (QED) is 0.824. The number of aromatic nitrogens is 2. The molecule has 3 fully saturated rings. The minimum Gasteiger partial charge on any atom is -0.334 e. The molecule has 3 aliphatic heterocycles. The van der Waals surface area contributed by atoms with Crippen molar-refractivity contribution in [2.45, 2.75) is 38.8 Å². The molecule has 2 atom stereocenters. The van der Waals surface area contributed by atoms with Crippen molar-refractivity contribution in [1.29, 1.82) is 0 Å². The van der Waals surface area contributed by atoms with Gasteiger partial charge in [-0.2, -0.15) is 5.10 Å². The Labute approximate surface area is 120 Å². The van der Waals surface area contributed by atoms with Crippen LogP contribution < -0.4 is 0 Å². The molecule has 5 heteroatoms. The van der Waals surface area contributed by atoms with E-state index in [0.717, 1.165) is 31.6 Å². The molecule has 3 saturated heterocycles. The zero-order valence-electron chi connectivity index (χ0n) is 12.6. The van der Waals surface area contributed by atoms with Crippen molar-refractivity contribution < 1.29 is 4.79 Å². The molecule has 0 aromatic carbocycles. The van der Waals surface area contributed by atoms with Crippen LogP contribution in [0.15, 0.2) is 12.4 Å². The van der Waals surface area contributed by atoms with Gasteiger partial charge in [0.15, 0.2) is 0 Å². The first kappa shape index (κ1) is 13.6. The predicted molar refractivity (Wildman–Crippen MR) is 77.7 cm³/mol. The zero-order chi connectivity index (χ0) is 14.3. The third-order valence-electron chi connectivity index (χ3n) is 4.53. The van der Waals surface area contributed by atoms with Crippen LogP contribution in [-0.4, -0.2) is 58.2 Å². The van der Waals surface area contributed by atoms with Crippen molar-refractivity contribution in [3.05, 3.63) is 18.0 Å². The van der Waals surface area contributed by atoms with Crippen LogP contribution in [0.1, 0.15) is 43.1 Å². The van der Waals surface area contributed by atoms with Crippen LogP contribution in [0.25, 0.3) is 0 Å². The van der Waals surface area contributed by atoms with Crippen molar-refractivity contribution in [1.82, 2.24) is 19.6 Å². The fraction of sp³-hybridized carbons (Fsp3) is 0.733. The third kappa shape index (κ3) is 2.46. The van der Waals surface area contributed by atoms with E-state index < -0.39 is 0 Å². The van der Waals surface area contributed by atoms with Crippen LogP contribution in [0, 0.1) is 5.92 Å². The Morgan fingerprint density at radius 2 is 2.10 bits per heavy atom. The second kappa shape index (κ2) is 5.20. The van der Waals surface area contributed by atoms with Gasteiger partial charge in [-0.15, -0.1) is 0 Å². The zero-order valence-corrected chi connectivity index (χ0v) is 12.6. The molecule has 20 heavy (non-hydrogen) atoms. The van der Waals surface area contributed by atoms with E-state index in [-0.39, 0.29) is 5.91 Å². The molecule has 1 aromatic heterocycles. The first-order valence-corrected chi connectivity index (χ1v) is 7.58. The lowest BCUT2D eigenvalue weighted by Gasteiger charge is -2.36. The van der Waals surface area contributed by atoms with E-state index in [1.54, 1.807) is 6.20 Å². The molecule has 0 spiro atoms. The number of amides is 1. The fourth-order valence-corrected chi connectivity index (χ4v) is 3.46. The first-order valence-electron chi connectivity index (χ1n) is 7.58. The summed E-state index contributed by atoms with van der Waals surface area (Å²) in [5, 5.41) is 4.29. The monoisotopic (exact) mass is 276 g/mol. The summed E-state index contributed by atoms with van der Waals surface area (Å²) >= 11 is 0. The van der Waals surface area contributed by atoms with E-state index >= 15 is 0 Å². The highest BCUT2D eigenvalue weighted by atomic mass is 16.2. The lowest BCUT2D eigenvalue weighted by Crippen LogP contribution is -2.47. The second-order valence-corrected chi connectivity index (χ2v) is 6.58. The van der Waals surface area contributed by atoms with Gasteiger partial charge in [0, 0.05) is 37.9 Å². The van der Waals surface area contributed by atoms with Crippen LogP contribution >= 0.6 is 0 Å². The number of carbonyl (C=O) groups excluding carboxylic acids is 1. The molecule has 1 aromatic rings. The van der Waals surface area contributed by atoms with Gasteiger partial charge in [0.25, 0.3) is 5.91 Å². The summed E-state index contributed by atoms with van der Waals surface area (Å²) in [6.45, 7) is 7.17. The lowest BCUT2D eigenvalue weighted by molar-refractivity contribution is 0.0587. The summed E-state index contributed by atoms with van der Waals surface area (Å²) in [6.07, 6.45) is 5.99. The number of hydrogen-bond acceptors (Lipinski definition) is 3. The molecule has 4 rings (SSSR count). The largest absolute Gasteiger partial charge is 0.334 e. The van der Waals surface area contributed by atoms with Crippen molar-refractivity contribution in [3.63, 3.8) is 0 Å². The van der Waals surface area contributed by atoms with Gasteiger partial charge in [-0.05, 0) is 39.7 Å². The summed E-state index contributed by atoms with van der Waals surface area (Å²) in [7, 11) is 2.16. The maximum atomic E-state index is 12.7. The molecule has 1 amide bonds. The van der Waals surface area contributed by atoms with Gasteiger partial charge in [-0.3, -0.25) is 9.48 Å². The van der Waals surface area contributed by atoms with Gasteiger partial charge in [0.2, 0.25) is 0 Å². The molecular formula is C15H24N4O. The molecule has 0 N–H and O–H groups in total. The van der Waals surface area contributed by atoms with Crippen molar-refractivity contribution in [2.75, 3.05) is 26.7 Å². The summed E-state index contributed by atoms with van der Waals surface area (Å²) in [5.74, 6) is 0.782. The summed E-state index contributed by atoms with van der Waals surface area (Å²) in [6, 6.07) is 0.664. The number of fused-ring (bicyclic) bond motifs is 4. The van der Waals surface area contributed by atoms with Crippen LogP contribution in [0.4, 0.5) is 0 Å². The van der Waals surface area contributed by atoms with Gasteiger partial charge >= 0.3 is 0 Å². The van der Waals surface area contributed by atoms with Gasteiger partial charge < -0.3 is 9.80 Å². The van der Waals surface area contributed by atoms with E-state index in [9.17, 15) is 4.79 Å². The predicted octanol–water partition coefficient (Wildman–Crippen LogP) is 1.63. The highest BCUT2D eigenvalue weighted by molar-refractivity contribution is 5.94. The van der Waals surface area contributed by atoms with Crippen LogP contribution in [-0.2, 0) is 0 Å². The average molecular weight is 276 g/mol. The molecule has 5 nitrogen and oxygen atoms in total. The molecule has 3 aliphatic rings. The fourth-order valence-electron chi connectivity index (χ4n) is 3.46. The standard InChI is InChI=1S/C15H24N4O/c1-11(2)19-9-13(6-16-19)15(20)18-8-12-4-5-14(18)10-17(3)7-12/h6,9,11-12,14H,4-5,7-8,10H2,1-3H3/t12-,14+/m0/s1. The highest BCUT2D eigenvalue weighted by Gasteiger charge is 2.36. The smallest absolute Gasteiger partial charge is 0.257 e. The van der Waals surface area contributed by atoms with Crippen molar-refractivity contribution in [3.8, 4) is 0 Å². The Balaban J connectivity index is 1.79. The van der Waals surface area contributed by atoms with Crippen LogP contribution in [0.2, 0.25) is 0 Å². The molecule has 110 valence electrons. The number of likely N-dealkylation sites (N-methyl/N-ethyl adjacent to an activating group) is 1. The number of piperidine rings is 1. The Morgan fingerprint density at radius 1 is 1.30 bits per heavy atom. The maximum Gasteiger partial charge on any atom is 0.257 e. The summed E-state index contributed by atoms with van der Waals surface area (Å²) < 4.78 is 1.86. The molecule has 2 bridgehead atoms. The highest BCUT2D eigenvalue weighted by Crippen LogP contribution is 2.28. The van der Waals surface area contributed by atoms with E-state index in [1.807, 2.05) is 10.9 Å². The Hall–Kier alpha value is -1.36. The maximum absolute atomic E-state index is 12.7. The minimum atomic E-state index is 0.155. The van der Waals surface area contributed by atoms with Crippen LogP contribution in [0.5, 0.6) is 0 Å². The Kier molecular flexibility index (Phi) is 3.54. The van der Waals surface area contributed by atoms with E-state index in [0.29, 0.717) is 18.0 Å². The number of hydrogen-bond donors (Lipinski definition) is 0. The normalized spacial score (nSPS) is 27.1. The van der Waals surface area contributed by atoms with Gasteiger partial charge in [-0.25, -0.2) is 0 Å². The van der Waals surface area contributed by atoms with Crippen molar-refractivity contribution in [2.24, 2.45) is 5.92 Å². The van der Waals surface area contributed by atoms with Gasteiger partial charge in [0.1, 0.15) is 0 Å². The van der Waals surface area contributed by atoms with Crippen LogP contribution in [0.3, 0.4) is 0 Å². The van der Waals surface area contributed by atoms with E-state index in [4.69, 9.17) is 0 Å². The molecule has 0 aliphatic carbocycles. The molecule has 4 heterocycles. The molecule has 0 saturated carbocycles. The third-order valence-corrected chi connectivity index (χ3v) is 4.53. The molecule has 0 unspecified atom stereocenters.